The van der Waals surface area contributed by atoms with E-state index in [1.54, 1.807) is 21.4 Å². The van der Waals surface area contributed by atoms with E-state index in [1.165, 1.54) is 11.8 Å². The molecule has 0 radical (unpaired) electrons. The van der Waals surface area contributed by atoms with Gasteiger partial charge in [-0.05, 0) is 18.4 Å². The average Bonchev–Trinajstić information content (AvgIpc) is 3.38. The number of nitrogens with one attached hydrogen (secondary N) is 1. The van der Waals surface area contributed by atoms with Gasteiger partial charge in [0.15, 0.2) is 5.16 Å². The number of amides is 1. The number of aromatic nitrogens is 4. The molecule has 146 valence electrons. The zero-order valence-electron chi connectivity index (χ0n) is 15.3. The van der Waals surface area contributed by atoms with Crippen molar-refractivity contribution in [3.05, 3.63) is 58.6 Å². The highest BCUT2D eigenvalue weighted by atomic mass is 32.2. The fourth-order valence-corrected chi connectivity index (χ4v) is 3.86. The molecule has 1 aromatic carbocycles. The fraction of sp³-hybridized carbons (Fsp3) is 0.368. The Labute approximate surface area is 165 Å². The maximum atomic E-state index is 12.7. The molecule has 2 aromatic heterocycles. The lowest BCUT2D eigenvalue weighted by molar-refractivity contribution is -0.119. The van der Waals surface area contributed by atoms with E-state index >= 15 is 0 Å². The van der Waals surface area contributed by atoms with Crippen LogP contribution in [0.25, 0.3) is 5.65 Å². The van der Waals surface area contributed by atoms with Gasteiger partial charge in [0, 0.05) is 25.5 Å². The summed E-state index contributed by atoms with van der Waals surface area (Å²) >= 11 is 1.25. The second kappa shape index (κ2) is 8.57. The summed E-state index contributed by atoms with van der Waals surface area (Å²) in [6, 6.07) is 9.76. The smallest absolute Gasteiger partial charge is 0.296 e. The molecule has 0 aliphatic carbocycles. The maximum absolute atomic E-state index is 12.7. The number of fused-ring (bicyclic) bond motifs is 1. The van der Waals surface area contributed by atoms with Crippen LogP contribution in [0.5, 0.6) is 0 Å². The summed E-state index contributed by atoms with van der Waals surface area (Å²) in [4.78, 5) is 24.7. The molecular weight excluding hydrogens is 378 g/mol. The van der Waals surface area contributed by atoms with Crippen molar-refractivity contribution in [2.24, 2.45) is 0 Å². The van der Waals surface area contributed by atoms with Crippen LogP contribution in [0, 0.1) is 0 Å². The second-order valence-electron chi connectivity index (χ2n) is 6.62. The van der Waals surface area contributed by atoms with E-state index in [9.17, 15) is 9.59 Å². The molecule has 3 heterocycles. The standard InChI is InChI=1S/C19H21N5O3S/c25-16(20-11-15-7-4-10-27-15)13-28-19-22-21-17-18(26)23(8-9-24(17)19)12-14-5-2-1-3-6-14/h1-3,5-6,8-9,15H,4,7,10-13H2,(H,20,25)/t15-/m0/s1. The maximum Gasteiger partial charge on any atom is 0.296 e. The number of ether oxygens (including phenoxy) is 1. The molecule has 1 aliphatic rings. The van der Waals surface area contributed by atoms with Crippen LogP contribution in [0.3, 0.4) is 0 Å². The zero-order chi connectivity index (χ0) is 19.3. The lowest BCUT2D eigenvalue weighted by Crippen LogP contribution is -2.32. The van der Waals surface area contributed by atoms with Crippen molar-refractivity contribution in [1.82, 2.24) is 24.5 Å². The van der Waals surface area contributed by atoms with Gasteiger partial charge < -0.3 is 14.6 Å². The minimum Gasteiger partial charge on any atom is -0.376 e. The van der Waals surface area contributed by atoms with Gasteiger partial charge in [0.25, 0.3) is 5.56 Å². The molecule has 0 saturated carbocycles. The third-order valence-corrected chi connectivity index (χ3v) is 5.53. The molecule has 1 aliphatic heterocycles. The summed E-state index contributed by atoms with van der Waals surface area (Å²) in [5, 5.41) is 11.5. The predicted octanol–water partition coefficient (Wildman–Crippen LogP) is 1.33. The zero-order valence-corrected chi connectivity index (χ0v) is 16.1. The molecule has 1 amide bonds. The van der Waals surface area contributed by atoms with Crippen LogP contribution in [0.15, 0.2) is 52.7 Å². The summed E-state index contributed by atoms with van der Waals surface area (Å²) in [6.45, 7) is 1.77. The van der Waals surface area contributed by atoms with E-state index in [0.29, 0.717) is 18.2 Å². The number of carbonyl (C=O) groups excluding carboxylic acids is 1. The summed E-state index contributed by atoms with van der Waals surface area (Å²) in [6.07, 6.45) is 5.62. The summed E-state index contributed by atoms with van der Waals surface area (Å²) in [5.74, 6) is 0.121. The number of nitrogens with zero attached hydrogens (tertiary/aromatic N) is 4. The number of carbonyl (C=O) groups is 1. The van der Waals surface area contributed by atoms with E-state index < -0.39 is 0 Å². The van der Waals surface area contributed by atoms with Crippen molar-refractivity contribution in [2.75, 3.05) is 18.9 Å². The van der Waals surface area contributed by atoms with Gasteiger partial charge in [-0.1, -0.05) is 42.1 Å². The Hall–Kier alpha value is -2.65. The first-order valence-electron chi connectivity index (χ1n) is 9.20. The number of hydrogen-bond acceptors (Lipinski definition) is 6. The van der Waals surface area contributed by atoms with Crippen LogP contribution < -0.4 is 10.9 Å². The molecule has 0 spiro atoms. The number of rotatable bonds is 7. The second-order valence-corrected chi connectivity index (χ2v) is 7.56. The monoisotopic (exact) mass is 399 g/mol. The minimum atomic E-state index is -0.214. The summed E-state index contributed by atoms with van der Waals surface area (Å²) in [7, 11) is 0. The summed E-state index contributed by atoms with van der Waals surface area (Å²) in [5.41, 5.74) is 1.07. The first-order valence-corrected chi connectivity index (χ1v) is 10.2. The molecule has 1 N–H and O–H groups in total. The molecule has 1 fully saturated rings. The van der Waals surface area contributed by atoms with E-state index in [4.69, 9.17) is 4.74 Å². The van der Waals surface area contributed by atoms with Crippen molar-refractivity contribution in [3.8, 4) is 0 Å². The molecule has 9 heteroatoms. The highest BCUT2D eigenvalue weighted by molar-refractivity contribution is 7.99. The third kappa shape index (κ3) is 4.26. The van der Waals surface area contributed by atoms with E-state index in [1.807, 2.05) is 30.3 Å². The summed E-state index contributed by atoms with van der Waals surface area (Å²) < 4.78 is 8.72. The van der Waals surface area contributed by atoms with Crippen molar-refractivity contribution < 1.29 is 9.53 Å². The SMILES string of the molecule is O=C(CSc1nnc2c(=O)n(Cc3ccccc3)ccn12)NC[C@@H]1CCCO1. The number of thioether (sulfide) groups is 1. The molecule has 1 atom stereocenters. The topological polar surface area (TPSA) is 90.5 Å². The first kappa shape index (κ1) is 18.7. The van der Waals surface area contributed by atoms with E-state index in [2.05, 4.69) is 15.5 Å². The Balaban J connectivity index is 1.40. The van der Waals surface area contributed by atoms with E-state index in [0.717, 1.165) is 25.0 Å². The highest BCUT2D eigenvalue weighted by Crippen LogP contribution is 2.15. The molecule has 8 nitrogen and oxygen atoms in total. The Morgan fingerprint density at radius 1 is 1.25 bits per heavy atom. The van der Waals surface area contributed by atoms with Crippen LogP contribution in [0.4, 0.5) is 0 Å². The van der Waals surface area contributed by atoms with E-state index in [-0.39, 0.29) is 29.0 Å². The van der Waals surface area contributed by atoms with Crippen LogP contribution >= 0.6 is 11.8 Å². The fourth-order valence-electron chi connectivity index (χ4n) is 3.12. The molecular formula is C19H21N5O3S. The van der Waals surface area contributed by atoms with Crippen LogP contribution in [0.2, 0.25) is 0 Å². The van der Waals surface area contributed by atoms with Crippen molar-refractivity contribution in [2.45, 2.75) is 30.6 Å². The van der Waals surface area contributed by atoms with Crippen LogP contribution in [-0.2, 0) is 16.1 Å². The van der Waals surface area contributed by atoms with Crippen molar-refractivity contribution in [1.29, 1.82) is 0 Å². The lowest BCUT2D eigenvalue weighted by Gasteiger charge is -2.10. The minimum absolute atomic E-state index is 0.0883. The van der Waals surface area contributed by atoms with Gasteiger partial charge in [0.1, 0.15) is 0 Å². The van der Waals surface area contributed by atoms with Crippen molar-refractivity contribution in [3.63, 3.8) is 0 Å². The molecule has 3 aromatic rings. The van der Waals surface area contributed by atoms with Gasteiger partial charge in [-0.2, -0.15) is 0 Å². The third-order valence-electron chi connectivity index (χ3n) is 4.59. The molecule has 28 heavy (non-hydrogen) atoms. The largest absolute Gasteiger partial charge is 0.376 e. The van der Waals surface area contributed by atoms with Crippen molar-refractivity contribution >= 4 is 23.3 Å². The van der Waals surface area contributed by atoms with Crippen LogP contribution in [0.1, 0.15) is 18.4 Å². The normalized spacial score (nSPS) is 16.5. The Bertz CT molecular complexity index is 1010. The quantitative estimate of drug-likeness (QED) is 0.603. The number of benzene rings is 1. The Kier molecular flexibility index (Phi) is 5.73. The molecule has 4 rings (SSSR count). The van der Waals surface area contributed by atoms with Gasteiger partial charge in [-0.25, -0.2) is 0 Å². The number of hydrogen-bond donors (Lipinski definition) is 1. The Morgan fingerprint density at radius 2 is 2.11 bits per heavy atom. The molecule has 0 bridgehead atoms. The first-order chi connectivity index (χ1) is 13.7. The van der Waals surface area contributed by atoms with Gasteiger partial charge in [-0.15, -0.1) is 10.2 Å². The van der Waals surface area contributed by atoms with Gasteiger partial charge in [-0.3, -0.25) is 14.0 Å². The highest BCUT2D eigenvalue weighted by Gasteiger charge is 2.17. The van der Waals surface area contributed by atoms with Gasteiger partial charge in [0.2, 0.25) is 11.6 Å². The molecule has 1 saturated heterocycles. The predicted molar refractivity (Wildman–Crippen MR) is 105 cm³/mol. The Morgan fingerprint density at radius 3 is 2.89 bits per heavy atom. The average molecular weight is 399 g/mol. The van der Waals surface area contributed by atoms with Gasteiger partial charge in [0.05, 0.1) is 18.4 Å². The lowest BCUT2D eigenvalue weighted by atomic mass is 10.2. The van der Waals surface area contributed by atoms with Gasteiger partial charge >= 0.3 is 0 Å². The molecule has 0 unspecified atom stereocenters. The van der Waals surface area contributed by atoms with Crippen LogP contribution in [-0.4, -0.2) is 50.1 Å².